The fourth-order valence-electron chi connectivity index (χ4n) is 3.22. The number of carbonyl (C=O) groups is 1. The van der Waals surface area contributed by atoms with Crippen LogP contribution < -0.4 is 0 Å². The second kappa shape index (κ2) is 6.14. The van der Waals surface area contributed by atoms with Crippen molar-refractivity contribution < 1.29 is 4.79 Å². The lowest BCUT2D eigenvalue weighted by Crippen LogP contribution is -2.50. The molecule has 0 spiro atoms. The Labute approximate surface area is 146 Å². The minimum Gasteiger partial charge on any atom is -0.291 e. The Balaban J connectivity index is 2.20. The normalized spacial score (nSPS) is 19.0. The van der Waals surface area contributed by atoms with E-state index in [0.717, 1.165) is 11.1 Å². The average Bonchev–Trinajstić information content (AvgIpc) is 2.60. The predicted octanol–water partition coefficient (Wildman–Crippen LogP) is 4.84. The van der Waals surface area contributed by atoms with Gasteiger partial charge in [-0.25, -0.2) is 0 Å². The number of rotatable bonds is 2. The maximum absolute atomic E-state index is 13.1. The topological polar surface area (TPSA) is 44.1 Å². The maximum atomic E-state index is 13.1. The lowest BCUT2D eigenvalue weighted by Gasteiger charge is -2.43. The number of nitriles is 1. The first kappa shape index (κ1) is 16.3. The van der Waals surface area contributed by atoms with Crippen LogP contribution in [0.1, 0.15) is 35.3 Å². The molecule has 2 aromatic rings. The molecule has 3 nitrogen and oxygen atoms in total. The zero-order valence-electron chi connectivity index (χ0n) is 13.5. The number of fused-ring (bicyclic) bond motifs is 1. The van der Waals surface area contributed by atoms with Gasteiger partial charge in [-0.3, -0.25) is 9.69 Å². The van der Waals surface area contributed by atoms with Crippen LogP contribution in [0, 0.1) is 17.2 Å². The van der Waals surface area contributed by atoms with Crippen LogP contribution in [0.2, 0.25) is 5.02 Å². The van der Waals surface area contributed by atoms with Gasteiger partial charge in [0.15, 0.2) is 5.54 Å². The number of carbonyl (C=O) groups excluding carboxylic acids is 1. The van der Waals surface area contributed by atoms with Crippen LogP contribution in [0.5, 0.6) is 0 Å². The highest BCUT2D eigenvalue weighted by atomic mass is 35.5. The second-order valence-electron chi connectivity index (χ2n) is 6.09. The third-order valence-electron chi connectivity index (χ3n) is 4.48. The molecular formula is C20H17ClN2O. The van der Waals surface area contributed by atoms with Gasteiger partial charge in [-0.1, -0.05) is 61.8 Å². The summed E-state index contributed by atoms with van der Waals surface area (Å²) in [6.07, 6.45) is 3.55. The molecular weight excluding hydrogens is 320 g/mol. The highest BCUT2D eigenvalue weighted by Crippen LogP contribution is 2.42. The summed E-state index contributed by atoms with van der Waals surface area (Å²) >= 11 is 6.20. The molecule has 0 aliphatic carbocycles. The van der Waals surface area contributed by atoms with E-state index < -0.39 is 5.54 Å². The Bertz CT molecular complexity index is 866. The molecule has 0 aromatic heterocycles. The number of hydrogen-bond donors (Lipinski definition) is 0. The Morgan fingerprint density at radius 2 is 1.83 bits per heavy atom. The maximum Gasteiger partial charge on any atom is 0.260 e. The molecule has 1 aliphatic rings. The molecule has 0 saturated heterocycles. The van der Waals surface area contributed by atoms with Gasteiger partial charge in [-0.15, -0.1) is 0 Å². The van der Waals surface area contributed by atoms with Crippen molar-refractivity contribution in [1.29, 1.82) is 5.26 Å². The number of hydrogen-bond acceptors (Lipinski definition) is 2. The number of benzene rings is 2. The summed E-state index contributed by atoms with van der Waals surface area (Å²) in [4.78, 5) is 14.7. The molecule has 24 heavy (non-hydrogen) atoms. The van der Waals surface area contributed by atoms with Gasteiger partial charge in [-0.05, 0) is 35.3 Å². The zero-order chi connectivity index (χ0) is 17.3. The molecule has 1 heterocycles. The van der Waals surface area contributed by atoms with Crippen molar-refractivity contribution in [3.8, 4) is 6.07 Å². The lowest BCUT2D eigenvalue weighted by molar-refractivity contribution is 0.0625. The van der Waals surface area contributed by atoms with Crippen LogP contribution in [0.25, 0.3) is 6.08 Å². The van der Waals surface area contributed by atoms with Gasteiger partial charge in [0.05, 0.1) is 16.7 Å². The van der Waals surface area contributed by atoms with Crippen molar-refractivity contribution in [3.05, 3.63) is 76.4 Å². The van der Waals surface area contributed by atoms with Gasteiger partial charge in [0.1, 0.15) is 0 Å². The quantitative estimate of drug-likeness (QED) is 0.787. The molecule has 1 amide bonds. The molecule has 3 rings (SSSR count). The molecule has 1 unspecified atom stereocenters. The van der Waals surface area contributed by atoms with Crippen molar-refractivity contribution in [2.75, 3.05) is 0 Å². The molecule has 120 valence electrons. The van der Waals surface area contributed by atoms with E-state index in [1.165, 1.54) is 4.90 Å². The summed E-state index contributed by atoms with van der Waals surface area (Å²) in [6, 6.07) is 17.0. The van der Waals surface area contributed by atoms with E-state index in [9.17, 15) is 10.1 Å². The molecule has 1 atom stereocenters. The van der Waals surface area contributed by atoms with E-state index in [4.69, 9.17) is 11.6 Å². The number of halogens is 1. The molecule has 2 aromatic carbocycles. The van der Waals surface area contributed by atoms with Gasteiger partial charge in [0.2, 0.25) is 0 Å². The van der Waals surface area contributed by atoms with Gasteiger partial charge >= 0.3 is 0 Å². The van der Waals surface area contributed by atoms with Gasteiger partial charge < -0.3 is 0 Å². The number of nitrogens with zero attached hydrogens (tertiary/aromatic N) is 2. The Kier molecular flexibility index (Phi) is 4.17. The van der Waals surface area contributed by atoms with E-state index in [1.54, 1.807) is 30.5 Å². The van der Waals surface area contributed by atoms with Crippen LogP contribution in [0.15, 0.2) is 54.7 Å². The van der Waals surface area contributed by atoms with Crippen LogP contribution >= 0.6 is 11.6 Å². The molecule has 1 aliphatic heterocycles. The van der Waals surface area contributed by atoms with Crippen molar-refractivity contribution >= 4 is 23.6 Å². The van der Waals surface area contributed by atoms with E-state index >= 15 is 0 Å². The third-order valence-corrected chi connectivity index (χ3v) is 4.81. The average molecular weight is 337 g/mol. The molecule has 4 heteroatoms. The lowest BCUT2D eigenvalue weighted by atomic mass is 9.75. The van der Waals surface area contributed by atoms with Gasteiger partial charge in [0, 0.05) is 6.20 Å². The van der Waals surface area contributed by atoms with Crippen LogP contribution in [0.4, 0.5) is 0 Å². The fraction of sp³-hybridized carbons (Fsp3) is 0.200. The minimum atomic E-state index is -1.07. The van der Waals surface area contributed by atoms with Crippen LogP contribution in [-0.2, 0) is 5.54 Å². The first-order chi connectivity index (χ1) is 11.5. The summed E-state index contributed by atoms with van der Waals surface area (Å²) in [6.45, 7) is 3.90. The van der Waals surface area contributed by atoms with Crippen molar-refractivity contribution in [1.82, 2.24) is 4.90 Å². The Morgan fingerprint density at radius 3 is 2.50 bits per heavy atom. The van der Waals surface area contributed by atoms with E-state index in [0.29, 0.717) is 10.6 Å². The second-order valence-corrected chi connectivity index (χ2v) is 6.50. The van der Waals surface area contributed by atoms with Crippen molar-refractivity contribution in [2.45, 2.75) is 19.4 Å². The predicted molar refractivity (Wildman–Crippen MR) is 95.2 cm³/mol. The summed E-state index contributed by atoms with van der Waals surface area (Å²) in [5.74, 6) is -0.373. The molecule has 0 saturated carbocycles. The Hall–Kier alpha value is -2.57. The smallest absolute Gasteiger partial charge is 0.260 e. The fourth-order valence-corrected chi connectivity index (χ4v) is 3.43. The zero-order valence-corrected chi connectivity index (χ0v) is 14.3. The van der Waals surface area contributed by atoms with Crippen LogP contribution in [-0.4, -0.2) is 10.8 Å². The Morgan fingerprint density at radius 1 is 1.17 bits per heavy atom. The summed E-state index contributed by atoms with van der Waals surface area (Å²) in [7, 11) is 0. The van der Waals surface area contributed by atoms with E-state index in [-0.39, 0.29) is 11.8 Å². The molecule has 0 radical (unpaired) electrons. The SMILES string of the molecule is CC(C)C1(C#N)c2ccccc2C=CN1C(=O)c1ccccc1Cl. The van der Waals surface area contributed by atoms with E-state index in [2.05, 4.69) is 6.07 Å². The molecule has 0 fully saturated rings. The summed E-state index contributed by atoms with van der Waals surface area (Å²) in [5.41, 5.74) is 1.12. The third kappa shape index (κ3) is 2.31. The van der Waals surface area contributed by atoms with Gasteiger partial charge in [-0.2, -0.15) is 5.26 Å². The first-order valence-electron chi connectivity index (χ1n) is 7.79. The highest BCUT2D eigenvalue weighted by molar-refractivity contribution is 6.33. The largest absolute Gasteiger partial charge is 0.291 e. The first-order valence-corrected chi connectivity index (χ1v) is 8.17. The van der Waals surface area contributed by atoms with Crippen LogP contribution in [0.3, 0.4) is 0 Å². The summed E-state index contributed by atoms with van der Waals surface area (Å²) < 4.78 is 0. The van der Waals surface area contributed by atoms with Gasteiger partial charge in [0.25, 0.3) is 5.91 Å². The van der Waals surface area contributed by atoms with Crippen molar-refractivity contribution in [3.63, 3.8) is 0 Å². The summed E-state index contributed by atoms with van der Waals surface area (Å²) in [5, 5.41) is 10.5. The monoisotopic (exact) mass is 336 g/mol. The standard InChI is InChI=1S/C20H17ClN2O/c1-14(2)20(13-22)17-9-5-3-7-15(17)11-12-23(20)19(24)16-8-4-6-10-18(16)21/h3-12,14H,1-2H3. The minimum absolute atomic E-state index is 0.0972. The number of amides is 1. The van der Waals surface area contributed by atoms with Crippen molar-refractivity contribution in [2.24, 2.45) is 5.92 Å². The van der Waals surface area contributed by atoms with E-state index in [1.807, 2.05) is 44.2 Å². The molecule has 0 N–H and O–H groups in total. The highest BCUT2D eigenvalue weighted by Gasteiger charge is 2.47. The molecule has 0 bridgehead atoms.